The molecule has 5 heteroatoms. The summed E-state index contributed by atoms with van der Waals surface area (Å²) in [5.41, 5.74) is 4.78. The lowest BCUT2D eigenvalue weighted by atomic mass is 9.94. The number of carbonyl (C=O) groups excluding carboxylic acids is 1. The van der Waals surface area contributed by atoms with Gasteiger partial charge in [0.25, 0.3) is 0 Å². The maximum absolute atomic E-state index is 12.7. The average Bonchev–Trinajstić information content (AvgIpc) is 3.17. The predicted octanol–water partition coefficient (Wildman–Crippen LogP) is 4.42. The van der Waals surface area contributed by atoms with E-state index in [-0.39, 0.29) is 11.8 Å². The molecule has 3 aromatic rings. The summed E-state index contributed by atoms with van der Waals surface area (Å²) in [6.45, 7) is 0.727. The SMILES string of the molecule is COc1ccc(C2=CCNC(C(=O)CSCc3c[nH]c4ccccc34)C2)cc1. The molecule has 2 N–H and O–H groups in total. The lowest BCUT2D eigenvalue weighted by molar-refractivity contribution is -0.118. The van der Waals surface area contributed by atoms with E-state index in [1.807, 2.05) is 24.4 Å². The molecule has 28 heavy (non-hydrogen) atoms. The Hall–Kier alpha value is -2.50. The third-order valence-electron chi connectivity index (χ3n) is 5.16. The van der Waals surface area contributed by atoms with E-state index in [1.54, 1.807) is 18.9 Å². The fourth-order valence-electron chi connectivity index (χ4n) is 3.58. The Labute approximate surface area is 169 Å². The molecule has 0 amide bonds. The van der Waals surface area contributed by atoms with Gasteiger partial charge in [0.2, 0.25) is 0 Å². The van der Waals surface area contributed by atoms with Crippen LogP contribution in [0.15, 0.2) is 60.8 Å². The maximum Gasteiger partial charge on any atom is 0.159 e. The Morgan fingerprint density at radius 3 is 2.82 bits per heavy atom. The Morgan fingerprint density at radius 1 is 1.18 bits per heavy atom. The van der Waals surface area contributed by atoms with Crippen LogP contribution in [-0.2, 0) is 10.5 Å². The van der Waals surface area contributed by atoms with Crippen LogP contribution in [0.4, 0.5) is 0 Å². The highest BCUT2D eigenvalue weighted by Crippen LogP contribution is 2.26. The number of nitrogens with one attached hydrogen (secondary N) is 2. The number of carbonyl (C=O) groups is 1. The summed E-state index contributed by atoms with van der Waals surface area (Å²) < 4.78 is 5.23. The Balaban J connectivity index is 1.33. The minimum Gasteiger partial charge on any atom is -0.497 e. The first-order chi connectivity index (χ1) is 13.7. The van der Waals surface area contributed by atoms with E-state index in [0.717, 1.165) is 35.5 Å². The molecule has 1 aromatic heterocycles. The quantitative estimate of drug-likeness (QED) is 0.625. The van der Waals surface area contributed by atoms with E-state index >= 15 is 0 Å². The van der Waals surface area contributed by atoms with E-state index in [0.29, 0.717) is 5.75 Å². The Morgan fingerprint density at radius 2 is 2.00 bits per heavy atom. The third-order valence-corrected chi connectivity index (χ3v) is 6.17. The van der Waals surface area contributed by atoms with Crippen molar-refractivity contribution in [3.63, 3.8) is 0 Å². The number of thioether (sulfide) groups is 1. The molecular weight excluding hydrogens is 368 g/mol. The van der Waals surface area contributed by atoms with Crippen LogP contribution in [0.2, 0.25) is 0 Å². The van der Waals surface area contributed by atoms with Gasteiger partial charge in [-0.3, -0.25) is 4.79 Å². The predicted molar refractivity (Wildman–Crippen MR) is 117 cm³/mol. The average molecular weight is 393 g/mol. The number of hydrogen-bond acceptors (Lipinski definition) is 4. The second-order valence-corrected chi connectivity index (χ2v) is 7.93. The summed E-state index contributed by atoms with van der Waals surface area (Å²) in [7, 11) is 1.67. The van der Waals surface area contributed by atoms with Crippen molar-refractivity contribution in [1.82, 2.24) is 10.3 Å². The van der Waals surface area contributed by atoms with Gasteiger partial charge in [0.1, 0.15) is 5.75 Å². The zero-order valence-electron chi connectivity index (χ0n) is 15.9. The van der Waals surface area contributed by atoms with Crippen LogP contribution in [0.5, 0.6) is 5.75 Å². The van der Waals surface area contributed by atoms with Gasteiger partial charge in [0.15, 0.2) is 5.78 Å². The van der Waals surface area contributed by atoms with Crippen molar-refractivity contribution in [2.45, 2.75) is 18.2 Å². The Kier molecular flexibility index (Phi) is 5.84. The van der Waals surface area contributed by atoms with Crippen LogP contribution in [-0.4, -0.2) is 36.2 Å². The van der Waals surface area contributed by atoms with Gasteiger partial charge in [-0.1, -0.05) is 36.4 Å². The van der Waals surface area contributed by atoms with Crippen molar-refractivity contribution in [1.29, 1.82) is 0 Å². The van der Waals surface area contributed by atoms with Crippen molar-refractivity contribution < 1.29 is 9.53 Å². The molecule has 0 radical (unpaired) electrons. The van der Waals surface area contributed by atoms with E-state index in [9.17, 15) is 4.79 Å². The van der Waals surface area contributed by atoms with Crippen LogP contribution < -0.4 is 10.1 Å². The van der Waals surface area contributed by atoms with Crippen LogP contribution in [0, 0.1) is 0 Å². The standard InChI is InChI=1S/C23H24N2O2S/c1-27-19-8-6-16(7-9-19)17-10-11-24-22(12-17)23(26)15-28-14-18-13-25-21-5-3-2-4-20(18)21/h2-10,13,22,24-25H,11-12,14-15H2,1H3. The summed E-state index contributed by atoms with van der Waals surface area (Å²) in [4.78, 5) is 16.0. The van der Waals surface area contributed by atoms with Gasteiger partial charge >= 0.3 is 0 Å². The summed E-state index contributed by atoms with van der Waals surface area (Å²) >= 11 is 1.68. The van der Waals surface area contributed by atoms with Gasteiger partial charge < -0.3 is 15.0 Å². The molecule has 0 spiro atoms. The van der Waals surface area contributed by atoms with E-state index in [2.05, 4.69) is 46.7 Å². The van der Waals surface area contributed by atoms with Crippen LogP contribution >= 0.6 is 11.8 Å². The number of hydrogen-bond donors (Lipinski definition) is 2. The van der Waals surface area contributed by atoms with Crippen LogP contribution in [0.1, 0.15) is 17.5 Å². The number of fused-ring (bicyclic) bond motifs is 1. The molecule has 1 aliphatic heterocycles. The number of aromatic amines is 1. The van der Waals surface area contributed by atoms with Gasteiger partial charge in [0.05, 0.1) is 18.9 Å². The first kappa shape index (κ1) is 18.8. The summed E-state index contributed by atoms with van der Waals surface area (Å²) in [6.07, 6.45) is 4.95. The Bertz CT molecular complexity index is 991. The van der Waals surface area contributed by atoms with Crippen LogP contribution in [0.25, 0.3) is 16.5 Å². The summed E-state index contributed by atoms with van der Waals surface area (Å²) in [6, 6.07) is 16.2. The van der Waals surface area contributed by atoms with E-state index in [1.165, 1.54) is 16.5 Å². The molecule has 0 saturated heterocycles. The molecule has 144 valence electrons. The molecule has 4 rings (SSSR count). The number of rotatable bonds is 7. The highest BCUT2D eigenvalue weighted by Gasteiger charge is 2.22. The van der Waals surface area contributed by atoms with Gasteiger partial charge in [-0.15, -0.1) is 11.8 Å². The number of methoxy groups -OCH3 is 1. The molecular formula is C23H24N2O2S. The maximum atomic E-state index is 12.7. The number of H-pyrrole nitrogens is 1. The third kappa shape index (κ3) is 4.16. The second kappa shape index (κ2) is 8.67. The van der Waals surface area contributed by atoms with Crippen molar-refractivity contribution in [3.05, 3.63) is 71.9 Å². The molecule has 0 fully saturated rings. The minimum atomic E-state index is -0.113. The number of Topliss-reactive ketones (excluding diaryl/α,β-unsaturated/α-hetero) is 1. The number of para-hydroxylation sites is 1. The number of aromatic nitrogens is 1. The molecule has 1 aliphatic rings. The lowest BCUT2D eigenvalue weighted by Crippen LogP contribution is -2.40. The van der Waals surface area contributed by atoms with Crippen LogP contribution in [0.3, 0.4) is 0 Å². The van der Waals surface area contributed by atoms with Gasteiger partial charge in [0, 0.05) is 29.4 Å². The topological polar surface area (TPSA) is 54.1 Å². The normalized spacial score (nSPS) is 16.8. The highest BCUT2D eigenvalue weighted by atomic mass is 32.2. The van der Waals surface area contributed by atoms with Crippen molar-refractivity contribution in [3.8, 4) is 5.75 Å². The molecule has 1 atom stereocenters. The molecule has 0 aliphatic carbocycles. The largest absolute Gasteiger partial charge is 0.497 e. The first-order valence-corrected chi connectivity index (χ1v) is 10.6. The molecule has 0 bridgehead atoms. The number of benzene rings is 2. The lowest BCUT2D eigenvalue weighted by Gasteiger charge is -2.23. The van der Waals surface area contributed by atoms with Gasteiger partial charge in [-0.2, -0.15) is 0 Å². The zero-order chi connectivity index (χ0) is 19.3. The smallest absolute Gasteiger partial charge is 0.159 e. The van der Waals surface area contributed by atoms with Crippen molar-refractivity contribution in [2.24, 2.45) is 0 Å². The number of ketones is 1. The monoisotopic (exact) mass is 392 g/mol. The molecule has 0 saturated carbocycles. The first-order valence-electron chi connectivity index (χ1n) is 9.47. The fourth-order valence-corrected chi connectivity index (χ4v) is 4.54. The summed E-state index contributed by atoms with van der Waals surface area (Å²) in [5.74, 6) is 2.47. The molecule has 2 heterocycles. The minimum absolute atomic E-state index is 0.113. The van der Waals surface area contributed by atoms with Crippen molar-refractivity contribution >= 4 is 34.0 Å². The number of ether oxygens (including phenoxy) is 1. The summed E-state index contributed by atoms with van der Waals surface area (Å²) in [5, 5.41) is 4.58. The van der Waals surface area contributed by atoms with Gasteiger partial charge in [-0.05, 0) is 41.3 Å². The second-order valence-electron chi connectivity index (χ2n) is 6.94. The van der Waals surface area contributed by atoms with Gasteiger partial charge in [-0.25, -0.2) is 0 Å². The fraction of sp³-hybridized carbons (Fsp3) is 0.261. The van der Waals surface area contributed by atoms with Crippen molar-refractivity contribution in [2.75, 3.05) is 19.4 Å². The zero-order valence-corrected chi connectivity index (χ0v) is 16.7. The highest BCUT2D eigenvalue weighted by molar-refractivity contribution is 7.99. The molecule has 2 aromatic carbocycles. The molecule has 1 unspecified atom stereocenters. The van der Waals surface area contributed by atoms with E-state index in [4.69, 9.17) is 4.74 Å². The molecule has 4 nitrogen and oxygen atoms in total. The van der Waals surface area contributed by atoms with E-state index < -0.39 is 0 Å².